The molecule has 5 rings (SSSR count). The fourth-order valence-corrected chi connectivity index (χ4v) is 4.56. The van der Waals surface area contributed by atoms with Crippen molar-refractivity contribution in [2.45, 2.75) is 30.7 Å². The van der Waals surface area contributed by atoms with E-state index in [2.05, 4.69) is 38.0 Å². The van der Waals surface area contributed by atoms with E-state index in [-0.39, 0.29) is 22.3 Å². The second-order valence-corrected chi connectivity index (χ2v) is 9.96. The van der Waals surface area contributed by atoms with Crippen LogP contribution < -0.4 is 21.6 Å². The number of methoxy groups -OCH3 is 1. The van der Waals surface area contributed by atoms with Crippen molar-refractivity contribution < 1.29 is 18.3 Å². The molecule has 1 saturated carbocycles. The first-order valence-corrected chi connectivity index (χ1v) is 12.7. The van der Waals surface area contributed by atoms with Gasteiger partial charge in [0.2, 0.25) is 5.56 Å². The number of alkyl halides is 2. The number of carbonyl (C=O) groups is 1. The second-order valence-electron chi connectivity index (χ2n) is 8.86. The van der Waals surface area contributed by atoms with Crippen LogP contribution in [0.2, 0.25) is 0 Å². The van der Waals surface area contributed by atoms with Crippen molar-refractivity contribution in [2.75, 3.05) is 7.11 Å². The number of allylic oxidation sites excluding steroid dienone is 1. The van der Waals surface area contributed by atoms with Crippen LogP contribution in [-0.4, -0.2) is 45.6 Å². The predicted octanol–water partition coefficient (Wildman–Crippen LogP) is 2.63. The summed E-state index contributed by atoms with van der Waals surface area (Å²) in [7, 11) is 3.02. The van der Waals surface area contributed by atoms with E-state index in [4.69, 9.17) is 4.74 Å². The zero-order chi connectivity index (χ0) is 26.8. The van der Waals surface area contributed by atoms with Crippen molar-refractivity contribution in [3.05, 3.63) is 70.1 Å². The summed E-state index contributed by atoms with van der Waals surface area (Å²) in [5.41, 5.74) is 4.53. The molecule has 2 unspecified atom stereocenters. The molecule has 0 aromatic carbocycles. The summed E-state index contributed by atoms with van der Waals surface area (Å²) in [4.78, 5) is 29.7. The van der Waals surface area contributed by atoms with E-state index in [1.165, 1.54) is 48.0 Å². The van der Waals surface area contributed by atoms with Crippen molar-refractivity contribution in [3.63, 3.8) is 0 Å². The maximum atomic E-state index is 13.6. The first-order chi connectivity index (χ1) is 18.3. The predicted molar refractivity (Wildman–Crippen MR) is 141 cm³/mol. The number of hydrazone groups is 1. The summed E-state index contributed by atoms with van der Waals surface area (Å²) in [6, 6.07) is 3.35. The minimum atomic E-state index is -2.69. The van der Waals surface area contributed by atoms with Crippen LogP contribution >= 0.6 is 11.8 Å². The summed E-state index contributed by atoms with van der Waals surface area (Å²) in [5.74, 6) is 6.46. The monoisotopic (exact) mass is 538 g/mol. The van der Waals surface area contributed by atoms with Crippen molar-refractivity contribution >= 4 is 28.4 Å². The first-order valence-electron chi connectivity index (χ1n) is 11.8. The number of aryl methyl sites for hydroxylation is 1. The molecule has 12 heteroatoms. The molecule has 2 aromatic rings. The van der Waals surface area contributed by atoms with Gasteiger partial charge in [0, 0.05) is 54.3 Å². The number of hydrogen-bond acceptors (Lipinski definition) is 8. The first kappa shape index (κ1) is 25.5. The highest BCUT2D eigenvalue weighted by atomic mass is 32.2. The Kier molecular flexibility index (Phi) is 7.20. The van der Waals surface area contributed by atoms with Gasteiger partial charge in [0.15, 0.2) is 10.5 Å². The Morgan fingerprint density at radius 3 is 2.84 bits per heavy atom. The highest BCUT2D eigenvalue weighted by molar-refractivity contribution is 8.14. The molecule has 0 spiro atoms. The normalized spacial score (nSPS) is 20.3. The van der Waals surface area contributed by atoms with Gasteiger partial charge in [-0.15, -0.1) is 0 Å². The van der Waals surface area contributed by atoms with E-state index in [0.29, 0.717) is 33.5 Å². The van der Waals surface area contributed by atoms with Crippen LogP contribution in [0.25, 0.3) is 16.8 Å². The zero-order valence-corrected chi connectivity index (χ0v) is 21.3. The van der Waals surface area contributed by atoms with Gasteiger partial charge in [0.1, 0.15) is 11.8 Å². The largest absolute Gasteiger partial charge is 0.495 e. The van der Waals surface area contributed by atoms with E-state index in [1.54, 1.807) is 25.4 Å². The number of carbonyl (C=O) groups excluding carboxylic acids is 1. The lowest BCUT2D eigenvalue weighted by Crippen LogP contribution is -2.33. The topological polar surface area (TPSA) is 110 Å². The molecule has 3 N–H and O–H groups in total. The smallest absolute Gasteiger partial charge is 0.261 e. The average molecular weight is 539 g/mol. The average Bonchev–Trinajstić information content (AvgIpc) is 3.65. The van der Waals surface area contributed by atoms with Gasteiger partial charge in [-0.2, -0.15) is 5.10 Å². The maximum Gasteiger partial charge on any atom is 0.261 e. The fraction of sp³-hybridized carbons (Fsp3) is 0.308. The van der Waals surface area contributed by atoms with Crippen LogP contribution in [0, 0.1) is 17.8 Å². The summed E-state index contributed by atoms with van der Waals surface area (Å²) >= 11 is 1.28. The number of pyridine rings is 2. The molecule has 2 atom stereocenters. The van der Waals surface area contributed by atoms with Crippen molar-refractivity contribution in [3.8, 4) is 23.1 Å². The number of hydrogen-bond donors (Lipinski definition) is 3. The second kappa shape index (κ2) is 10.7. The van der Waals surface area contributed by atoms with Gasteiger partial charge in [-0.3, -0.25) is 25.3 Å². The molecule has 1 fully saturated rings. The molecule has 1 amide bonds. The lowest BCUT2D eigenvalue weighted by atomic mass is 9.94. The lowest BCUT2D eigenvalue weighted by molar-refractivity contribution is 0.0977. The van der Waals surface area contributed by atoms with E-state index >= 15 is 0 Å². The van der Waals surface area contributed by atoms with Crippen LogP contribution in [0.15, 0.2) is 58.5 Å². The minimum absolute atomic E-state index is 0.138. The third-order valence-corrected chi connectivity index (χ3v) is 6.94. The summed E-state index contributed by atoms with van der Waals surface area (Å²) in [6.07, 6.45) is 5.18. The number of thioether (sulfide) groups is 1. The van der Waals surface area contributed by atoms with Gasteiger partial charge in [0.25, 0.3) is 12.3 Å². The maximum absolute atomic E-state index is 13.6. The van der Waals surface area contributed by atoms with Crippen LogP contribution in [-0.2, 0) is 11.8 Å². The molecular weight excluding hydrogens is 514 g/mol. The van der Waals surface area contributed by atoms with Crippen molar-refractivity contribution in [1.82, 2.24) is 25.6 Å². The van der Waals surface area contributed by atoms with E-state index in [1.807, 2.05) is 0 Å². The number of dihydropyridines is 1. The molecule has 2 aromatic heterocycles. The van der Waals surface area contributed by atoms with E-state index in [0.717, 1.165) is 12.8 Å². The summed E-state index contributed by atoms with van der Waals surface area (Å²) in [5, 5.41) is 9.59. The van der Waals surface area contributed by atoms with Gasteiger partial charge >= 0.3 is 0 Å². The van der Waals surface area contributed by atoms with Crippen LogP contribution in [0.4, 0.5) is 8.78 Å². The molecule has 9 nitrogen and oxygen atoms in total. The zero-order valence-electron chi connectivity index (χ0n) is 20.5. The summed E-state index contributed by atoms with van der Waals surface area (Å²) in [6.45, 7) is 0. The molecule has 4 heterocycles. The highest BCUT2D eigenvalue weighted by Crippen LogP contribution is 2.33. The summed E-state index contributed by atoms with van der Waals surface area (Å²) < 4.78 is 34.1. The van der Waals surface area contributed by atoms with Crippen LogP contribution in [0.1, 0.15) is 28.8 Å². The van der Waals surface area contributed by atoms with E-state index in [9.17, 15) is 18.4 Å². The van der Waals surface area contributed by atoms with Gasteiger partial charge in [-0.05, 0) is 42.8 Å². The van der Waals surface area contributed by atoms with Gasteiger partial charge in [0.05, 0.1) is 18.4 Å². The Balaban J connectivity index is 1.50. The molecule has 1 aliphatic carbocycles. The van der Waals surface area contributed by atoms with Gasteiger partial charge in [-0.1, -0.05) is 11.8 Å². The molecule has 196 valence electrons. The Hall–Kier alpha value is -4.11. The molecule has 2 aliphatic heterocycles. The fourth-order valence-electron chi connectivity index (χ4n) is 3.85. The molecule has 0 saturated heterocycles. The Morgan fingerprint density at radius 2 is 2.13 bits per heavy atom. The Morgan fingerprint density at radius 1 is 1.32 bits per heavy atom. The van der Waals surface area contributed by atoms with Crippen LogP contribution in [0.5, 0.6) is 0 Å². The number of nitrogens with zero attached hydrogens (tertiary/aromatic N) is 3. The van der Waals surface area contributed by atoms with Crippen molar-refractivity contribution in [2.24, 2.45) is 18.1 Å². The minimum Gasteiger partial charge on any atom is -0.495 e. The quantitative estimate of drug-likeness (QED) is 0.502. The number of amidine groups is 1. The molecular formula is C26H24F2N6O3S. The SMILES string of the molecule is COC1=CNC(C(F)F)C=C1c1cc(-c2ccc(=O)n(C)c2)ncc1C(=O)NC1=NNC(C#CC2CC2)S1. The molecule has 0 bridgehead atoms. The third kappa shape index (κ3) is 5.57. The molecule has 0 radical (unpaired) electrons. The molecule has 38 heavy (non-hydrogen) atoms. The van der Waals surface area contributed by atoms with Crippen LogP contribution in [0.3, 0.4) is 0 Å². The standard InChI is InChI=1S/C26H24F2N6O3S/c1-34-13-15(6-8-23(34)35)19-9-16(17-10-20(24(27)28)30-12-21(17)37-2)18(11-29-19)25(36)31-26-33-32-22(38-26)7-5-14-3-4-14/h6,8-14,20,22,24,30,32H,3-4H2,1-2H3,(H,31,33,36). The van der Waals surface area contributed by atoms with Crippen molar-refractivity contribution in [1.29, 1.82) is 0 Å². The number of nitrogens with one attached hydrogen (secondary N) is 3. The number of rotatable bonds is 5. The van der Waals surface area contributed by atoms with Gasteiger partial charge < -0.3 is 14.6 Å². The number of aromatic nitrogens is 2. The van der Waals surface area contributed by atoms with Gasteiger partial charge in [-0.25, -0.2) is 8.78 Å². The third-order valence-electron chi connectivity index (χ3n) is 6.06. The number of ether oxygens (including phenoxy) is 1. The molecule has 3 aliphatic rings. The van der Waals surface area contributed by atoms with E-state index < -0.39 is 18.4 Å². The highest BCUT2D eigenvalue weighted by Gasteiger charge is 2.28. The number of amides is 1. The lowest BCUT2D eigenvalue weighted by Gasteiger charge is -2.24. The Bertz CT molecular complexity index is 1490. The number of halogens is 2. The Labute approximate surface area is 221 Å².